The van der Waals surface area contributed by atoms with Gasteiger partial charge < -0.3 is 5.32 Å². The Bertz CT molecular complexity index is 570. The van der Waals surface area contributed by atoms with Gasteiger partial charge in [0.05, 0.1) is 5.69 Å². The van der Waals surface area contributed by atoms with Crippen molar-refractivity contribution in [2.75, 3.05) is 10.7 Å². The molecule has 1 aromatic heterocycles. The molecule has 5 nitrogen and oxygen atoms in total. The number of nitrogens with two attached hydrogens (primary N) is 1. The van der Waals surface area contributed by atoms with Crippen molar-refractivity contribution in [2.45, 2.75) is 13.8 Å². The highest BCUT2D eigenvalue weighted by molar-refractivity contribution is 5.61. The van der Waals surface area contributed by atoms with E-state index in [1.54, 1.807) is 18.3 Å². The molecule has 94 valence electrons. The summed E-state index contributed by atoms with van der Waals surface area (Å²) >= 11 is 0. The summed E-state index contributed by atoms with van der Waals surface area (Å²) in [4.78, 5) is 8.09. The number of rotatable bonds is 3. The molecule has 0 aliphatic carbocycles. The van der Waals surface area contributed by atoms with E-state index in [1.807, 2.05) is 13.8 Å². The van der Waals surface area contributed by atoms with Gasteiger partial charge in [0.15, 0.2) is 0 Å². The summed E-state index contributed by atoms with van der Waals surface area (Å²) in [5, 5.41) is 2.93. The molecule has 0 radical (unpaired) electrons. The SMILES string of the molecule is Cc1ccc(F)c(Nc2nc(NN)ncc2C)c1. The molecular formula is C12H14FN5. The van der Waals surface area contributed by atoms with Crippen LogP contribution < -0.4 is 16.6 Å². The summed E-state index contributed by atoms with van der Waals surface area (Å²) in [5.41, 5.74) is 4.49. The zero-order chi connectivity index (χ0) is 13.1. The van der Waals surface area contributed by atoms with E-state index >= 15 is 0 Å². The number of nitrogens with one attached hydrogen (secondary N) is 2. The number of hydrogen-bond acceptors (Lipinski definition) is 5. The van der Waals surface area contributed by atoms with E-state index in [1.165, 1.54) is 6.07 Å². The molecule has 1 heterocycles. The van der Waals surface area contributed by atoms with E-state index in [0.717, 1.165) is 11.1 Å². The Balaban J connectivity index is 2.36. The van der Waals surface area contributed by atoms with Crippen LogP contribution in [0.5, 0.6) is 0 Å². The van der Waals surface area contributed by atoms with Crippen LogP contribution in [-0.2, 0) is 0 Å². The summed E-state index contributed by atoms with van der Waals surface area (Å²) in [6.45, 7) is 3.72. The standard InChI is InChI=1S/C12H14FN5/c1-7-3-4-9(13)10(5-7)16-11-8(2)6-15-12(17-11)18-14/h3-6H,14H2,1-2H3,(H2,15,16,17,18). The van der Waals surface area contributed by atoms with Gasteiger partial charge in [0, 0.05) is 11.8 Å². The Hall–Kier alpha value is -2.21. The number of anilines is 3. The van der Waals surface area contributed by atoms with Crippen LogP contribution in [-0.4, -0.2) is 9.97 Å². The zero-order valence-corrected chi connectivity index (χ0v) is 10.2. The first-order valence-electron chi connectivity index (χ1n) is 5.43. The fraction of sp³-hybridized carbons (Fsp3) is 0.167. The van der Waals surface area contributed by atoms with Gasteiger partial charge >= 0.3 is 0 Å². The largest absolute Gasteiger partial charge is 0.337 e. The quantitative estimate of drug-likeness (QED) is 0.573. The van der Waals surface area contributed by atoms with Crippen LogP contribution in [0.25, 0.3) is 0 Å². The summed E-state index contributed by atoms with van der Waals surface area (Å²) in [7, 11) is 0. The average molecular weight is 247 g/mol. The van der Waals surface area contributed by atoms with Crippen molar-refractivity contribution in [3.05, 3.63) is 41.3 Å². The number of hydrogen-bond donors (Lipinski definition) is 3. The van der Waals surface area contributed by atoms with Crippen molar-refractivity contribution in [3.63, 3.8) is 0 Å². The molecule has 0 aliphatic heterocycles. The second-order valence-electron chi connectivity index (χ2n) is 3.98. The van der Waals surface area contributed by atoms with Crippen LogP contribution in [0.2, 0.25) is 0 Å². The maximum Gasteiger partial charge on any atom is 0.239 e. The van der Waals surface area contributed by atoms with Gasteiger partial charge in [-0.2, -0.15) is 4.98 Å². The summed E-state index contributed by atoms with van der Waals surface area (Å²) in [5.74, 6) is 5.70. The van der Waals surface area contributed by atoms with Gasteiger partial charge in [-0.15, -0.1) is 0 Å². The lowest BCUT2D eigenvalue weighted by molar-refractivity contribution is 0.631. The minimum atomic E-state index is -0.333. The smallest absolute Gasteiger partial charge is 0.239 e. The maximum atomic E-state index is 13.6. The zero-order valence-electron chi connectivity index (χ0n) is 10.2. The van der Waals surface area contributed by atoms with Gasteiger partial charge in [-0.25, -0.2) is 15.2 Å². The third-order valence-corrected chi connectivity index (χ3v) is 2.48. The fourth-order valence-electron chi connectivity index (χ4n) is 1.50. The predicted octanol–water partition coefficient (Wildman–Crippen LogP) is 2.26. The number of nitrogens with zero attached hydrogens (tertiary/aromatic N) is 2. The second-order valence-corrected chi connectivity index (χ2v) is 3.98. The lowest BCUT2D eigenvalue weighted by atomic mass is 10.2. The van der Waals surface area contributed by atoms with Crippen LogP contribution in [0.4, 0.5) is 21.8 Å². The molecule has 0 amide bonds. The molecule has 6 heteroatoms. The van der Waals surface area contributed by atoms with Gasteiger partial charge in [0.2, 0.25) is 5.95 Å². The van der Waals surface area contributed by atoms with Crippen LogP contribution >= 0.6 is 0 Å². The molecule has 0 aliphatic rings. The highest BCUT2D eigenvalue weighted by Crippen LogP contribution is 2.22. The number of nitrogen functional groups attached to an aromatic ring is 1. The Labute approximate surface area is 104 Å². The molecule has 2 aromatic rings. The van der Waals surface area contributed by atoms with E-state index < -0.39 is 0 Å². The number of halogens is 1. The van der Waals surface area contributed by atoms with Crippen LogP contribution in [0.15, 0.2) is 24.4 Å². The van der Waals surface area contributed by atoms with E-state index in [4.69, 9.17) is 5.84 Å². The minimum Gasteiger partial charge on any atom is -0.337 e. The van der Waals surface area contributed by atoms with Crippen molar-refractivity contribution < 1.29 is 4.39 Å². The molecule has 0 bridgehead atoms. The van der Waals surface area contributed by atoms with Crippen molar-refractivity contribution in [1.29, 1.82) is 0 Å². The van der Waals surface area contributed by atoms with Gasteiger partial charge in [-0.1, -0.05) is 6.07 Å². The van der Waals surface area contributed by atoms with Gasteiger partial charge in [0.1, 0.15) is 11.6 Å². The summed E-state index contributed by atoms with van der Waals surface area (Å²) in [6.07, 6.45) is 1.61. The Morgan fingerprint density at radius 1 is 1.28 bits per heavy atom. The number of aryl methyl sites for hydroxylation is 2. The minimum absolute atomic E-state index is 0.274. The van der Waals surface area contributed by atoms with Crippen molar-refractivity contribution in [1.82, 2.24) is 9.97 Å². The Morgan fingerprint density at radius 2 is 2.06 bits per heavy atom. The predicted molar refractivity (Wildman–Crippen MR) is 69.0 cm³/mol. The normalized spacial score (nSPS) is 10.2. The second kappa shape index (κ2) is 4.97. The molecule has 1 aromatic carbocycles. The average Bonchev–Trinajstić information content (AvgIpc) is 2.36. The third-order valence-electron chi connectivity index (χ3n) is 2.48. The molecule has 4 N–H and O–H groups in total. The van der Waals surface area contributed by atoms with Crippen molar-refractivity contribution >= 4 is 17.5 Å². The molecule has 2 rings (SSSR count). The summed E-state index contributed by atoms with van der Waals surface area (Å²) in [6, 6.07) is 4.84. The lowest BCUT2D eigenvalue weighted by Gasteiger charge is -2.10. The Morgan fingerprint density at radius 3 is 2.78 bits per heavy atom. The van der Waals surface area contributed by atoms with Gasteiger partial charge in [0.25, 0.3) is 0 Å². The van der Waals surface area contributed by atoms with Crippen molar-refractivity contribution in [2.24, 2.45) is 5.84 Å². The Kier molecular flexibility index (Phi) is 3.38. The topological polar surface area (TPSA) is 75.9 Å². The molecule has 0 fully saturated rings. The maximum absolute atomic E-state index is 13.6. The van der Waals surface area contributed by atoms with E-state index in [2.05, 4.69) is 20.7 Å². The summed E-state index contributed by atoms with van der Waals surface area (Å²) < 4.78 is 13.6. The first-order chi connectivity index (χ1) is 8.60. The third kappa shape index (κ3) is 2.54. The molecule has 0 spiro atoms. The van der Waals surface area contributed by atoms with Gasteiger partial charge in [-0.05, 0) is 31.5 Å². The van der Waals surface area contributed by atoms with Crippen LogP contribution in [0.1, 0.15) is 11.1 Å². The number of aromatic nitrogens is 2. The molecular weight excluding hydrogens is 233 g/mol. The molecule has 18 heavy (non-hydrogen) atoms. The molecule has 0 saturated carbocycles. The van der Waals surface area contributed by atoms with E-state index in [0.29, 0.717) is 11.5 Å². The van der Waals surface area contributed by atoms with Crippen LogP contribution in [0, 0.1) is 19.7 Å². The monoisotopic (exact) mass is 247 g/mol. The van der Waals surface area contributed by atoms with Crippen molar-refractivity contribution in [3.8, 4) is 0 Å². The lowest BCUT2D eigenvalue weighted by Crippen LogP contribution is -2.12. The van der Waals surface area contributed by atoms with E-state index in [-0.39, 0.29) is 11.8 Å². The first kappa shape index (κ1) is 12.3. The molecule has 0 saturated heterocycles. The first-order valence-corrected chi connectivity index (χ1v) is 5.43. The van der Waals surface area contributed by atoms with Gasteiger partial charge in [-0.3, -0.25) is 5.43 Å². The molecule has 0 atom stereocenters. The van der Waals surface area contributed by atoms with E-state index in [9.17, 15) is 4.39 Å². The van der Waals surface area contributed by atoms with Crippen LogP contribution in [0.3, 0.4) is 0 Å². The number of hydrazine groups is 1. The number of benzene rings is 1. The highest BCUT2D eigenvalue weighted by Gasteiger charge is 2.07. The fourth-order valence-corrected chi connectivity index (χ4v) is 1.50. The highest BCUT2D eigenvalue weighted by atomic mass is 19.1. The molecule has 0 unspecified atom stereocenters.